The highest BCUT2D eigenvalue weighted by molar-refractivity contribution is 7.85. The van der Waals surface area contributed by atoms with E-state index >= 15 is 0 Å². The van der Waals surface area contributed by atoms with E-state index in [4.69, 9.17) is 10.8 Å². The van der Waals surface area contributed by atoms with Gasteiger partial charge < -0.3 is 10.8 Å². The zero-order chi connectivity index (χ0) is 9.84. The fraction of sp³-hybridized carbons (Fsp3) is 0.857. The van der Waals surface area contributed by atoms with E-state index in [1.807, 2.05) is 4.90 Å². The number of nitrogens with zero attached hydrogens (tertiary/aromatic N) is 1. The minimum atomic E-state index is -0.980. The second-order valence-corrected chi connectivity index (χ2v) is 4.79. The highest BCUT2D eigenvalue weighted by atomic mass is 32.2. The fourth-order valence-electron chi connectivity index (χ4n) is 1.21. The Bertz CT molecular complexity index is 212. The third-order valence-electron chi connectivity index (χ3n) is 2.04. The van der Waals surface area contributed by atoms with Crippen LogP contribution in [0, 0.1) is 0 Å². The molecule has 0 saturated carbocycles. The van der Waals surface area contributed by atoms with Gasteiger partial charge in [0, 0.05) is 41.9 Å². The van der Waals surface area contributed by atoms with Gasteiger partial charge in [0.1, 0.15) is 6.04 Å². The first-order valence-corrected chi connectivity index (χ1v) is 5.64. The second kappa shape index (κ2) is 4.69. The Labute approximate surface area is 79.4 Å². The van der Waals surface area contributed by atoms with E-state index in [9.17, 15) is 9.00 Å². The molecular formula is C7H14N2O3S. The standard InChI is InChI=1S/C7H14N2O3S/c8-6(7(10)11)5-9-1-3-13(12)4-2-9/h6H,1-5,8H2,(H,10,11). The summed E-state index contributed by atoms with van der Waals surface area (Å²) in [4.78, 5) is 12.4. The van der Waals surface area contributed by atoms with E-state index in [-0.39, 0.29) is 0 Å². The molecule has 0 aromatic carbocycles. The predicted octanol–water partition coefficient (Wildman–Crippen LogP) is -1.54. The number of nitrogens with two attached hydrogens (primary N) is 1. The quantitative estimate of drug-likeness (QED) is 0.585. The lowest BCUT2D eigenvalue weighted by Gasteiger charge is -2.27. The minimum absolute atomic E-state index is 0.354. The molecule has 1 aliphatic rings. The highest BCUT2D eigenvalue weighted by Crippen LogP contribution is 2.00. The van der Waals surface area contributed by atoms with Crippen molar-refractivity contribution in [2.75, 3.05) is 31.1 Å². The Kier molecular flexibility index (Phi) is 3.83. The van der Waals surface area contributed by atoms with Crippen LogP contribution in [-0.4, -0.2) is 57.4 Å². The van der Waals surface area contributed by atoms with E-state index in [1.54, 1.807) is 0 Å². The summed E-state index contributed by atoms with van der Waals surface area (Å²) >= 11 is 0. The van der Waals surface area contributed by atoms with Crippen LogP contribution in [0.1, 0.15) is 0 Å². The van der Waals surface area contributed by atoms with Crippen LogP contribution in [-0.2, 0) is 15.6 Å². The summed E-state index contributed by atoms with van der Waals surface area (Å²) in [5.74, 6) is 0.283. The van der Waals surface area contributed by atoms with E-state index in [1.165, 1.54) is 0 Å². The zero-order valence-electron chi connectivity index (χ0n) is 7.31. The summed E-state index contributed by atoms with van der Waals surface area (Å²) < 4.78 is 11.0. The lowest BCUT2D eigenvalue weighted by molar-refractivity contribution is -0.138. The van der Waals surface area contributed by atoms with Crippen molar-refractivity contribution in [2.24, 2.45) is 5.73 Å². The first kappa shape index (κ1) is 10.6. The van der Waals surface area contributed by atoms with Crippen molar-refractivity contribution < 1.29 is 14.1 Å². The molecule has 3 N–H and O–H groups in total. The van der Waals surface area contributed by atoms with Gasteiger partial charge in [-0.3, -0.25) is 13.9 Å². The molecule has 0 radical (unpaired) electrons. The van der Waals surface area contributed by atoms with Crippen LogP contribution in [0.2, 0.25) is 0 Å². The van der Waals surface area contributed by atoms with Gasteiger partial charge in [0.2, 0.25) is 0 Å². The molecule has 1 saturated heterocycles. The number of hydrogen-bond acceptors (Lipinski definition) is 4. The Morgan fingerprint density at radius 2 is 2.08 bits per heavy atom. The molecule has 76 valence electrons. The van der Waals surface area contributed by atoms with Crippen LogP contribution in [0.5, 0.6) is 0 Å². The van der Waals surface area contributed by atoms with Gasteiger partial charge in [-0.15, -0.1) is 0 Å². The van der Waals surface area contributed by atoms with Crippen LogP contribution in [0.15, 0.2) is 0 Å². The van der Waals surface area contributed by atoms with Crippen LogP contribution < -0.4 is 5.73 Å². The van der Waals surface area contributed by atoms with Gasteiger partial charge in [0.15, 0.2) is 0 Å². The van der Waals surface area contributed by atoms with Gasteiger partial charge >= 0.3 is 5.97 Å². The van der Waals surface area contributed by atoms with Gasteiger partial charge in [-0.1, -0.05) is 0 Å². The van der Waals surface area contributed by atoms with E-state index in [0.717, 1.165) is 0 Å². The second-order valence-electron chi connectivity index (χ2n) is 3.09. The molecular weight excluding hydrogens is 192 g/mol. The number of aliphatic carboxylic acids is 1. The molecule has 1 heterocycles. The van der Waals surface area contributed by atoms with Crippen molar-refractivity contribution in [1.82, 2.24) is 4.90 Å². The Hall–Kier alpha value is -0.460. The summed E-state index contributed by atoms with van der Waals surface area (Å²) in [5.41, 5.74) is 5.36. The van der Waals surface area contributed by atoms with E-state index in [0.29, 0.717) is 31.1 Å². The summed E-state index contributed by atoms with van der Waals surface area (Å²) in [6.07, 6.45) is 0. The smallest absolute Gasteiger partial charge is 0.321 e. The molecule has 0 amide bonds. The Balaban J connectivity index is 2.30. The maximum Gasteiger partial charge on any atom is 0.321 e. The zero-order valence-corrected chi connectivity index (χ0v) is 8.13. The number of carboxylic acids is 1. The molecule has 6 heteroatoms. The predicted molar refractivity (Wildman–Crippen MR) is 49.9 cm³/mol. The number of rotatable bonds is 3. The first-order valence-electron chi connectivity index (χ1n) is 4.15. The van der Waals surface area contributed by atoms with E-state index < -0.39 is 22.8 Å². The van der Waals surface area contributed by atoms with Gasteiger partial charge in [-0.05, 0) is 0 Å². The SMILES string of the molecule is NC(CN1CCS(=O)CC1)C(=O)O. The lowest BCUT2D eigenvalue weighted by atomic mass is 10.3. The first-order chi connectivity index (χ1) is 6.09. The third-order valence-corrected chi connectivity index (χ3v) is 3.32. The fourth-order valence-corrected chi connectivity index (χ4v) is 2.34. The van der Waals surface area contributed by atoms with Gasteiger partial charge in [0.25, 0.3) is 0 Å². The van der Waals surface area contributed by atoms with Gasteiger partial charge in [-0.2, -0.15) is 0 Å². The molecule has 0 aliphatic carbocycles. The van der Waals surface area contributed by atoms with Crippen LogP contribution in [0.4, 0.5) is 0 Å². The topological polar surface area (TPSA) is 83.6 Å². The summed E-state index contributed by atoms with van der Waals surface area (Å²) in [7, 11) is -0.716. The average molecular weight is 206 g/mol. The van der Waals surface area contributed by atoms with Gasteiger partial charge in [0.05, 0.1) is 0 Å². The number of hydrogen-bond donors (Lipinski definition) is 2. The minimum Gasteiger partial charge on any atom is -0.480 e. The van der Waals surface area contributed by atoms with Crippen LogP contribution in [0.25, 0.3) is 0 Å². The summed E-state index contributed by atoms with van der Waals surface area (Å²) in [6, 6.07) is -0.827. The molecule has 0 bridgehead atoms. The number of carboxylic acid groups (broad SMARTS) is 1. The monoisotopic (exact) mass is 206 g/mol. The van der Waals surface area contributed by atoms with Crippen molar-refractivity contribution in [2.45, 2.75) is 6.04 Å². The molecule has 0 aromatic rings. The average Bonchev–Trinajstić information content (AvgIpc) is 2.08. The van der Waals surface area contributed by atoms with Crippen molar-refractivity contribution in [3.05, 3.63) is 0 Å². The van der Waals surface area contributed by atoms with Crippen LogP contribution >= 0.6 is 0 Å². The normalized spacial score (nSPS) is 22.8. The molecule has 0 spiro atoms. The molecule has 1 aliphatic heterocycles. The van der Waals surface area contributed by atoms with Crippen molar-refractivity contribution >= 4 is 16.8 Å². The summed E-state index contributed by atoms with van der Waals surface area (Å²) in [6.45, 7) is 1.73. The maximum absolute atomic E-state index is 11.0. The molecule has 1 atom stereocenters. The lowest BCUT2D eigenvalue weighted by Crippen LogP contribution is -2.47. The van der Waals surface area contributed by atoms with Crippen molar-refractivity contribution in [3.63, 3.8) is 0 Å². The third kappa shape index (κ3) is 3.41. The Morgan fingerprint density at radius 3 is 2.54 bits per heavy atom. The molecule has 1 rings (SSSR count). The molecule has 5 nitrogen and oxygen atoms in total. The molecule has 13 heavy (non-hydrogen) atoms. The molecule has 1 unspecified atom stereocenters. The van der Waals surface area contributed by atoms with Crippen molar-refractivity contribution in [1.29, 1.82) is 0 Å². The highest BCUT2D eigenvalue weighted by Gasteiger charge is 2.20. The summed E-state index contributed by atoms with van der Waals surface area (Å²) in [5, 5.41) is 8.55. The Morgan fingerprint density at radius 1 is 1.54 bits per heavy atom. The molecule has 0 aromatic heterocycles. The maximum atomic E-state index is 11.0. The molecule has 1 fully saturated rings. The van der Waals surface area contributed by atoms with Crippen LogP contribution in [0.3, 0.4) is 0 Å². The largest absolute Gasteiger partial charge is 0.480 e. The van der Waals surface area contributed by atoms with Gasteiger partial charge in [-0.25, -0.2) is 0 Å². The van der Waals surface area contributed by atoms with E-state index in [2.05, 4.69) is 0 Å². The number of carbonyl (C=O) groups is 1. The van der Waals surface area contributed by atoms with Crippen molar-refractivity contribution in [3.8, 4) is 0 Å².